The second-order valence-electron chi connectivity index (χ2n) is 13.9. The minimum Gasteiger partial charge on any atom is -0.456 e. The van der Waals surface area contributed by atoms with Gasteiger partial charge in [0.15, 0.2) is 0 Å². The second-order valence-corrected chi connectivity index (χ2v) is 13.9. The lowest BCUT2D eigenvalue weighted by atomic mass is 9.83. The van der Waals surface area contributed by atoms with Gasteiger partial charge >= 0.3 is 0 Å². The summed E-state index contributed by atoms with van der Waals surface area (Å²) < 4.78 is 6.27. The molecule has 53 heavy (non-hydrogen) atoms. The van der Waals surface area contributed by atoms with Crippen molar-refractivity contribution in [2.45, 2.75) is 0 Å². The van der Waals surface area contributed by atoms with E-state index in [1.807, 2.05) is 12.1 Å². The second kappa shape index (κ2) is 11.8. The molecule has 0 spiro atoms. The van der Waals surface area contributed by atoms with Gasteiger partial charge in [0, 0.05) is 10.8 Å². The zero-order valence-corrected chi connectivity index (χ0v) is 28.9. The summed E-state index contributed by atoms with van der Waals surface area (Å²) >= 11 is 0. The summed E-state index contributed by atoms with van der Waals surface area (Å²) in [6.07, 6.45) is 0. The molecule has 1 heteroatoms. The number of hydrogen-bond donors (Lipinski definition) is 0. The summed E-state index contributed by atoms with van der Waals surface area (Å²) in [5.74, 6) is 0. The summed E-state index contributed by atoms with van der Waals surface area (Å²) in [4.78, 5) is 0. The highest BCUT2D eigenvalue weighted by Gasteiger charge is 2.20. The summed E-state index contributed by atoms with van der Waals surface area (Å²) in [6, 6.07) is 70.5. The Bertz CT molecular complexity index is 3160. The topological polar surface area (TPSA) is 13.1 Å². The van der Waals surface area contributed by atoms with Crippen molar-refractivity contribution in [3.8, 4) is 44.5 Å². The Hall–Kier alpha value is -6.96. The van der Waals surface area contributed by atoms with Crippen LogP contribution in [0.15, 0.2) is 199 Å². The van der Waals surface area contributed by atoms with E-state index in [0.29, 0.717) is 0 Å². The quantitative estimate of drug-likeness (QED) is 0.134. The van der Waals surface area contributed by atoms with E-state index >= 15 is 0 Å². The number of benzene rings is 10. The fourth-order valence-electron chi connectivity index (χ4n) is 8.78. The van der Waals surface area contributed by atoms with Crippen molar-refractivity contribution >= 4 is 65.0 Å². The molecule has 1 nitrogen and oxygen atoms in total. The van der Waals surface area contributed by atoms with Crippen LogP contribution in [0.3, 0.4) is 0 Å². The van der Waals surface area contributed by atoms with Crippen LogP contribution >= 0.6 is 0 Å². The predicted octanol–water partition coefficient (Wildman–Crippen LogP) is 14.9. The smallest absolute Gasteiger partial charge is 0.136 e. The van der Waals surface area contributed by atoms with Gasteiger partial charge in [0.05, 0.1) is 0 Å². The van der Waals surface area contributed by atoms with Crippen molar-refractivity contribution in [2.24, 2.45) is 0 Å². The molecule has 1 aromatic heterocycles. The van der Waals surface area contributed by atoms with Crippen LogP contribution in [0.2, 0.25) is 0 Å². The van der Waals surface area contributed by atoms with Crippen molar-refractivity contribution in [1.29, 1.82) is 0 Å². The third kappa shape index (κ3) is 4.58. The number of furan rings is 1. The molecule has 0 radical (unpaired) electrons. The fourth-order valence-corrected chi connectivity index (χ4v) is 8.78. The van der Waals surface area contributed by atoms with Gasteiger partial charge < -0.3 is 4.42 Å². The lowest BCUT2D eigenvalue weighted by Gasteiger charge is -2.20. The Morgan fingerprint density at radius 1 is 0.264 bits per heavy atom. The third-order valence-electron chi connectivity index (χ3n) is 11.1. The molecule has 0 amide bonds. The summed E-state index contributed by atoms with van der Waals surface area (Å²) in [6.45, 7) is 0. The lowest BCUT2D eigenvalue weighted by Crippen LogP contribution is -1.92. The molecule has 11 rings (SSSR count). The normalized spacial score (nSPS) is 11.8. The number of hydrogen-bond acceptors (Lipinski definition) is 1. The maximum absolute atomic E-state index is 6.27. The minimum atomic E-state index is 0.910. The first-order chi connectivity index (χ1) is 26.3. The maximum Gasteiger partial charge on any atom is 0.136 e. The molecule has 0 saturated heterocycles. The van der Waals surface area contributed by atoms with Crippen LogP contribution in [-0.4, -0.2) is 0 Å². The maximum atomic E-state index is 6.27. The van der Waals surface area contributed by atoms with Gasteiger partial charge in [0.2, 0.25) is 0 Å². The summed E-state index contributed by atoms with van der Waals surface area (Å²) in [5, 5.41) is 12.4. The minimum absolute atomic E-state index is 0.910. The molecule has 0 aliphatic heterocycles. The average Bonchev–Trinajstić information content (AvgIpc) is 3.62. The van der Waals surface area contributed by atoms with Gasteiger partial charge in [-0.3, -0.25) is 0 Å². The highest BCUT2D eigenvalue weighted by Crippen LogP contribution is 2.47. The summed E-state index contributed by atoms with van der Waals surface area (Å²) in [7, 11) is 0. The van der Waals surface area contributed by atoms with E-state index < -0.39 is 0 Å². The van der Waals surface area contributed by atoms with Crippen molar-refractivity contribution in [3.63, 3.8) is 0 Å². The predicted molar refractivity (Wildman–Crippen MR) is 225 cm³/mol. The molecule has 0 aliphatic carbocycles. The molecule has 0 bridgehead atoms. The number of fused-ring (bicyclic) bond motifs is 8. The van der Waals surface area contributed by atoms with Gasteiger partial charge in [-0.05, 0) is 106 Å². The molecule has 11 aromatic rings. The largest absolute Gasteiger partial charge is 0.456 e. The van der Waals surface area contributed by atoms with E-state index in [4.69, 9.17) is 4.42 Å². The van der Waals surface area contributed by atoms with Crippen molar-refractivity contribution in [1.82, 2.24) is 0 Å². The van der Waals surface area contributed by atoms with E-state index in [0.717, 1.165) is 21.9 Å². The first-order valence-corrected chi connectivity index (χ1v) is 18.3. The Morgan fingerprint density at radius 2 is 0.755 bits per heavy atom. The van der Waals surface area contributed by atoms with Gasteiger partial charge in [-0.1, -0.05) is 176 Å². The molecule has 10 aromatic carbocycles. The van der Waals surface area contributed by atoms with Crippen LogP contribution in [0.5, 0.6) is 0 Å². The van der Waals surface area contributed by atoms with Crippen molar-refractivity contribution in [2.75, 3.05) is 0 Å². The molecule has 246 valence electrons. The highest BCUT2D eigenvalue weighted by atomic mass is 16.3. The molecule has 0 atom stereocenters. The van der Waals surface area contributed by atoms with Gasteiger partial charge in [0.1, 0.15) is 11.2 Å². The molecular formula is C52H32O. The van der Waals surface area contributed by atoms with Crippen molar-refractivity contribution in [3.05, 3.63) is 194 Å². The van der Waals surface area contributed by atoms with Crippen LogP contribution in [0.25, 0.3) is 110 Å². The number of rotatable bonds is 4. The van der Waals surface area contributed by atoms with Crippen LogP contribution in [0.1, 0.15) is 0 Å². The summed E-state index contributed by atoms with van der Waals surface area (Å²) in [5.41, 5.74) is 11.6. The average molecular weight is 673 g/mol. The molecule has 0 saturated carbocycles. The first-order valence-electron chi connectivity index (χ1n) is 18.3. The number of para-hydroxylation sites is 1. The van der Waals surface area contributed by atoms with E-state index in [-0.39, 0.29) is 0 Å². The van der Waals surface area contributed by atoms with Gasteiger partial charge in [0.25, 0.3) is 0 Å². The Kier molecular flexibility index (Phi) is 6.62. The fraction of sp³-hybridized carbons (Fsp3) is 0. The van der Waals surface area contributed by atoms with Crippen LogP contribution < -0.4 is 0 Å². The zero-order valence-electron chi connectivity index (χ0n) is 28.9. The Balaban J connectivity index is 1.11. The molecule has 0 N–H and O–H groups in total. The van der Waals surface area contributed by atoms with E-state index in [1.165, 1.54) is 87.6 Å². The van der Waals surface area contributed by atoms with E-state index in [1.54, 1.807) is 0 Å². The van der Waals surface area contributed by atoms with E-state index in [2.05, 4.69) is 182 Å². The van der Waals surface area contributed by atoms with E-state index in [9.17, 15) is 0 Å². The standard InChI is InChI=1S/C52H32O/c1-2-16-37-35(14-1)32-47(40-19-6-5-17-38(37)40)51-44-22-9-7-20-42(44)50(43-21-8-10-23-45(43)51)34-30-28-33(29-31-34)36-15-3-4-18-39(36)41-25-13-27-49-52(41)46-24-11-12-26-48(46)53-49/h1-32H. The van der Waals surface area contributed by atoms with Gasteiger partial charge in [-0.25, -0.2) is 0 Å². The highest BCUT2D eigenvalue weighted by molar-refractivity contribution is 6.25. The van der Waals surface area contributed by atoms with Crippen LogP contribution in [0.4, 0.5) is 0 Å². The van der Waals surface area contributed by atoms with Gasteiger partial charge in [-0.15, -0.1) is 0 Å². The van der Waals surface area contributed by atoms with Crippen LogP contribution in [-0.2, 0) is 0 Å². The first kappa shape index (κ1) is 29.7. The SMILES string of the molecule is c1ccc(-c2cccc3oc4ccccc4c23)c(-c2ccc(-c3c4ccccc4c(-c4cc5ccccc5c5ccccc45)c4ccccc34)cc2)c1. The molecule has 0 unspecified atom stereocenters. The molecular weight excluding hydrogens is 641 g/mol. The van der Waals surface area contributed by atoms with Crippen molar-refractivity contribution < 1.29 is 4.42 Å². The Morgan fingerprint density at radius 3 is 1.47 bits per heavy atom. The third-order valence-corrected chi connectivity index (χ3v) is 11.1. The molecule has 1 heterocycles. The van der Waals surface area contributed by atoms with Gasteiger partial charge in [-0.2, -0.15) is 0 Å². The monoisotopic (exact) mass is 672 g/mol. The van der Waals surface area contributed by atoms with Crippen LogP contribution in [0, 0.1) is 0 Å². The zero-order chi connectivity index (χ0) is 34.9. The Labute approximate surface area is 307 Å². The molecule has 0 aliphatic rings. The molecule has 0 fully saturated rings. The lowest BCUT2D eigenvalue weighted by molar-refractivity contribution is 0.669.